The first kappa shape index (κ1) is 13.2. The van der Waals surface area contributed by atoms with E-state index in [4.69, 9.17) is 5.11 Å². The summed E-state index contributed by atoms with van der Waals surface area (Å²) in [6.07, 6.45) is 0.802. The van der Waals surface area contributed by atoms with Gasteiger partial charge in [0.2, 0.25) is 0 Å². The molecule has 0 amide bonds. The van der Waals surface area contributed by atoms with Crippen molar-refractivity contribution in [3.05, 3.63) is 41.7 Å². The Labute approximate surface area is 111 Å². The highest BCUT2D eigenvalue weighted by molar-refractivity contribution is 5.71. The fraction of sp³-hybridized carbons (Fsp3) is 0.385. The van der Waals surface area contributed by atoms with Gasteiger partial charge in [0.05, 0.1) is 0 Å². The van der Waals surface area contributed by atoms with Crippen LogP contribution in [0.1, 0.15) is 43.6 Å². The molecule has 6 nitrogen and oxygen atoms in total. The summed E-state index contributed by atoms with van der Waals surface area (Å²) in [6.45, 7) is 3.60. The maximum Gasteiger partial charge on any atom is 0.328 e. The van der Waals surface area contributed by atoms with Gasteiger partial charge in [-0.2, -0.15) is 0 Å². The SMILES string of the molecule is CCC(c1ccccc1)c1nnnn1C(C)C(=O)O. The van der Waals surface area contributed by atoms with E-state index in [0.29, 0.717) is 5.82 Å². The molecule has 0 bridgehead atoms. The van der Waals surface area contributed by atoms with Crippen molar-refractivity contribution in [3.63, 3.8) is 0 Å². The van der Waals surface area contributed by atoms with Crippen molar-refractivity contribution in [2.75, 3.05) is 0 Å². The summed E-state index contributed by atoms with van der Waals surface area (Å²) in [7, 11) is 0. The molecule has 0 fully saturated rings. The summed E-state index contributed by atoms with van der Waals surface area (Å²) < 4.78 is 1.38. The first-order chi connectivity index (χ1) is 9.15. The third-order valence-electron chi connectivity index (χ3n) is 3.16. The monoisotopic (exact) mass is 260 g/mol. The Morgan fingerprint density at radius 1 is 1.37 bits per heavy atom. The highest BCUT2D eigenvalue weighted by Crippen LogP contribution is 2.26. The average molecular weight is 260 g/mol. The summed E-state index contributed by atoms with van der Waals surface area (Å²) in [5.74, 6) is -0.363. The highest BCUT2D eigenvalue weighted by atomic mass is 16.4. The number of aromatic nitrogens is 4. The summed E-state index contributed by atoms with van der Waals surface area (Å²) in [6, 6.07) is 9.07. The molecule has 2 atom stereocenters. The summed E-state index contributed by atoms with van der Waals surface area (Å²) in [4.78, 5) is 11.1. The van der Waals surface area contributed by atoms with Gasteiger partial charge in [-0.25, -0.2) is 9.48 Å². The van der Waals surface area contributed by atoms with Crippen LogP contribution in [0.15, 0.2) is 30.3 Å². The van der Waals surface area contributed by atoms with Crippen molar-refractivity contribution in [2.45, 2.75) is 32.2 Å². The minimum atomic E-state index is -0.948. The molecule has 0 aliphatic heterocycles. The van der Waals surface area contributed by atoms with Gasteiger partial charge in [-0.3, -0.25) is 0 Å². The minimum Gasteiger partial charge on any atom is -0.480 e. The average Bonchev–Trinajstić information content (AvgIpc) is 2.89. The molecule has 2 aromatic rings. The van der Waals surface area contributed by atoms with Crippen LogP contribution >= 0.6 is 0 Å². The second-order valence-electron chi connectivity index (χ2n) is 4.37. The molecule has 0 spiro atoms. The van der Waals surface area contributed by atoms with E-state index in [1.165, 1.54) is 4.68 Å². The molecule has 2 rings (SSSR count). The molecule has 2 unspecified atom stereocenters. The number of nitrogens with zero attached hydrogens (tertiary/aromatic N) is 4. The zero-order valence-electron chi connectivity index (χ0n) is 10.9. The van der Waals surface area contributed by atoms with E-state index in [0.717, 1.165) is 12.0 Å². The summed E-state index contributed by atoms with van der Waals surface area (Å²) in [5.41, 5.74) is 1.08. The van der Waals surface area contributed by atoms with Gasteiger partial charge in [-0.1, -0.05) is 37.3 Å². The van der Waals surface area contributed by atoms with Gasteiger partial charge < -0.3 is 5.11 Å². The number of aliphatic carboxylic acids is 1. The van der Waals surface area contributed by atoms with Crippen LogP contribution in [0.25, 0.3) is 0 Å². The Hall–Kier alpha value is -2.24. The first-order valence-electron chi connectivity index (χ1n) is 6.20. The molecule has 100 valence electrons. The van der Waals surface area contributed by atoms with Crippen LogP contribution in [0.4, 0.5) is 0 Å². The number of tetrazole rings is 1. The van der Waals surface area contributed by atoms with Crippen LogP contribution in [0.5, 0.6) is 0 Å². The normalized spacial score (nSPS) is 14.0. The Bertz CT molecular complexity index is 553. The van der Waals surface area contributed by atoms with Gasteiger partial charge in [-0.15, -0.1) is 5.10 Å². The number of hydrogen-bond donors (Lipinski definition) is 1. The fourth-order valence-corrected chi connectivity index (χ4v) is 2.06. The van der Waals surface area contributed by atoms with E-state index >= 15 is 0 Å². The van der Waals surface area contributed by atoms with Gasteiger partial charge >= 0.3 is 5.97 Å². The van der Waals surface area contributed by atoms with Crippen LogP contribution in [-0.2, 0) is 4.79 Å². The van der Waals surface area contributed by atoms with E-state index < -0.39 is 12.0 Å². The molecule has 1 N–H and O–H groups in total. The summed E-state index contributed by atoms with van der Waals surface area (Å²) >= 11 is 0. The number of rotatable bonds is 5. The maximum absolute atomic E-state index is 11.1. The molecule has 6 heteroatoms. The number of carbonyl (C=O) groups is 1. The molecule has 1 aromatic heterocycles. The van der Waals surface area contributed by atoms with E-state index in [1.807, 2.05) is 37.3 Å². The van der Waals surface area contributed by atoms with Crippen LogP contribution < -0.4 is 0 Å². The van der Waals surface area contributed by atoms with Crippen LogP contribution in [0.2, 0.25) is 0 Å². The molecule has 0 aliphatic carbocycles. The third-order valence-corrected chi connectivity index (χ3v) is 3.16. The van der Waals surface area contributed by atoms with Crippen molar-refractivity contribution >= 4 is 5.97 Å². The van der Waals surface area contributed by atoms with Crippen LogP contribution in [0, 0.1) is 0 Å². The minimum absolute atomic E-state index is 0.00185. The van der Waals surface area contributed by atoms with Crippen LogP contribution in [0.3, 0.4) is 0 Å². The van der Waals surface area contributed by atoms with E-state index in [-0.39, 0.29) is 5.92 Å². The summed E-state index contributed by atoms with van der Waals surface area (Å²) in [5, 5.41) is 20.5. The van der Waals surface area contributed by atoms with Crippen LogP contribution in [-0.4, -0.2) is 31.3 Å². The van der Waals surface area contributed by atoms with Crippen molar-refractivity contribution < 1.29 is 9.90 Å². The lowest BCUT2D eigenvalue weighted by molar-refractivity contribution is -0.140. The van der Waals surface area contributed by atoms with E-state index in [2.05, 4.69) is 15.5 Å². The number of carboxylic acid groups (broad SMARTS) is 1. The molecular formula is C13H16N4O2. The quantitative estimate of drug-likeness (QED) is 0.887. The Morgan fingerprint density at radius 2 is 2.05 bits per heavy atom. The van der Waals surface area contributed by atoms with E-state index in [9.17, 15) is 4.79 Å². The topological polar surface area (TPSA) is 80.9 Å². The third kappa shape index (κ3) is 2.62. The van der Waals surface area contributed by atoms with Gasteiger partial charge in [0.15, 0.2) is 5.82 Å². The number of benzene rings is 1. The van der Waals surface area contributed by atoms with Gasteiger partial charge in [-0.05, 0) is 29.3 Å². The second kappa shape index (κ2) is 5.60. The van der Waals surface area contributed by atoms with Gasteiger partial charge in [0.1, 0.15) is 6.04 Å². The molecule has 1 heterocycles. The van der Waals surface area contributed by atoms with Crippen molar-refractivity contribution in [1.82, 2.24) is 20.2 Å². The predicted octanol–water partition coefficient (Wildman–Crippen LogP) is 1.86. The lowest BCUT2D eigenvalue weighted by Gasteiger charge is -2.16. The molecule has 0 saturated heterocycles. The standard InChI is InChI=1S/C13H16N4O2/c1-3-11(10-7-5-4-6-8-10)12-14-15-16-17(12)9(2)13(18)19/h4-9,11H,3H2,1-2H3,(H,18,19). The largest absolute Gasteiger partial charge is 0.480 e. The Kier molecular flexibility index (Phi) is 3.89. The van der Waals surface area contributed by atoms with Crippen molar-refractivity contribution in [2.24, 2.45) is 0 Å². The Balaban J connectivity index is 2.40. The molecule has 19 heavy (non-hydrogen) atoms. The molecule has 0 saturated carbocycles. The van der Waals surface area contributed by atoms with Gasteiger partial charge in [0.25, 0.3) is 0 Å². The zero-order chi connectivity index (χ0) is 13.8. The first-order valence-corrected chi connectivity index (χ1v) is 6.20. The lowest BCUT2D eigenvalue weighted by atomic mass is 9.95. The molecule has 0 radical (unpaired) electrons. The maximum atomic E-state index is 11.1. The lowest BCUT2D eigenvalue weighted by Crippen LogP contribution is -2.21. The fourth-order valence-electron chi connectivity index (χ4n) is 2.06. The Morgan fingerprint density at radius 3 is 2.63 bits per heavy atom. The smallest absolute Gasteiger partial charge is 0.328 e. The van der Waals surface area contributed by atoms with Gasteiger partial charge in [0, 0.05) is 5.92 Å². The van der Waals surface area contributed by atoms with E-state index in [1.54, 1.807) is 6.92 Å². The van der Waals surface area contributed by atoms with Crippen molar-refractivity contribution in [1.29, 1.82) is 0 Å². The number of hydrogen-bond acceptors (Lipinski definition) is 4. The van der Waals surface area contributed by atoms with Crippen molar-refractivity contribution in [3.8, 4) is 0 Å². The molecule has 1 aromatic carbocycles. The highest BCUT2D eigenvalue weighted by Gasteiger charge is 2.25. The molecule has 0 aliphatic rings. The second-order valence-corrected chi connectivity index (χ2v) is 4.37. The zero-order valence-corrected chi connectivity index (χ0v) is 10.9. The number of carboxylic acids is 1. The molecular weight excluding hydrogens is 244 g/mol. The predicted molar refractivity (Wildman–Crippen MR) is 68.7 cm³/mol.